The van der Waals surface area contributed by atoms with Crippen LogP contribution >= 0.6 is 0 Å². The van der Waals surface area contributed by atoms with Gasteiger partial charge in [-0.25, -0.2) is 4.98 Å². The molecule has 0 radical (unpaired) electrons. The van der Waals surface area contributed by atoms with E-state index in [9.17, 15) is 24.3 Å². The van der Waals surface area contributed by atoms with Gasteiger partial charge in [0, 0.05) is 42.7 Å². The number of rotatable bonds is 6. The molecular weight excluding hydrogens is 596 g/mol. The fraction of sp³-hybridized carbons (Fsp3) is 0.553. The van der Waals surface area contributed by atoms with Gasteiger partial charge in [-0.2, -0.15) is 0 Å². The molecule has 3 heterocycles. The average Bonchev–Trinajstić information content (AvgIpc) is 3.62. The van der Waals surface area contributed by atoms with Crippen molar-refractivity contribution < 1.29 is 33.8 Å². The van der Waals surface area contributed by atoms with Gasteiger partial charge in [0.2, 0.25) is 11.8 Å². The van der Waals surface area contributed by atoms with Gasteiger partial charge in [0.05, 0.1) is 31.2 Å². The number of ketones is 2. The number of benzene rings is 1. The van der Waals surface area contributed by atoms with E-state index in [2.05, 4.69) is 17.6 Å². The van der Waals surface area contributed by atoms with Crippen LogP contribution in [0.25, 0.3) is 16.8 Å². The number of fused-ring (bicyclic) bond motifs is 3. The van der Waals surface area contributed by atoms with Crippen molar-refractivity contribution >= 4 is 40.3 Å². The number of carbonyl (C=O) groups is 4. The monoisotopic (exact) mass is 642 g/mol. The molecule has 1 saturated heterocycles. The largest absolute Gasteiger partial charge is 0.481 e. The molecule has 6 atom stereocenters. The number of carboxylic acids is 1. The molecule has 0 unspecified atom stereocenters. The van der Waals surface area contributed by atoms with Gasteiger partial charge in [-0.1, -0.05) is 50.5 Å². The first kappa shape index (κ1) is 33.1. The third-order valence-corrected chi connectivity index (χ3v) is 11.0. The van der Waals surface area contributed by atoms with Gasteiger partial charge in [0.15, 0.2) is 5.78 Å². The van der Waals surface area contributed by atoms with E-state index in [-0.39, 0.29) is 67.6 Å². The number of amides is 1. The average molecular weight is 643 g/mol. The summed E-state index contributed by atoms with van der Waals surface area (Å²) in [5, 5.41) is 11.9. The predicted molar refractivity (Wildman–Crippen MR) is 178 cm³/mol. The van der Waals surface area contributed by atoms with Crippen molar-refractivity contribution in [2.75, 3.05) is 19.8 Å². The van der Waals surface area contributed by atoms with Crippen molar-refractivity contribution in [3.63, 3.8) is 0 Å². The topological polar surface area (TPSA) is 123 Å². The fourth-order valence-electron chi connectivity index (χ4n) is 7.99. The Kier molecular flexibility index (Phi) is 9.65. The molecule has 0 spiro atoms. The molecule has 4 aliphatic rings. The molecule has 47 heavy (non-hydrogen) atoms. The number of ether oxygens (including phenoxy) is 2. The molecule has 2 saturated carbocycles. The van der Waals surface area contributed by atoms with Gasteiger partial charge in [-0.15, -0.1) is 6.58 Å². The third-order valence-electron chi connectivity index (χ3n) is 11.0. The van der Waals surface area contributed by atoms with Crippen LogP contribution in [0.1, 0.15) is 75.8 Å². The molecule has 1 aromatic carbocycles. The van der Waals surface area contributed by atoms with Gasteiger partial charge in [0.25, 0.3) is 0 Å². The van der Waals surface area contributed by atoms with Crippen LogP contribution in [0.3, 0.4) is 0 Å². The Labute approximate surface area is 276 Å². The van der Waals surface area contributed by atoms with Crippen LogP contribution in [0, 0.1) is 36.0 Å². The second kappa shape index (κ2) is 13.7. The molecule has 9 nitrogen and oxygen atoms in total. The molecule has 1 aromatic heterocycles. The highest BCUT2D eigenvalue weighted by molar-refractivity contribution is 5.96. The number of carboxylic acid groups (broad SMARTS) is 1. The van der Waals surface area contributed by atoms with Crippen LogP contribution in [-0.2, 0) is 23.9 Å². The highest BCUT2D eigenvalue weighted by Crippen LogP contribution is 2.56. The Morgan fingerprint density at radius 3 is 2.70 bits per heavy atom. The lowest BCUT2D eigenvalue weighted by atomic mass is 9.76. The standard InChI is InChI=1S/C38H46N2O7/c1-4-28-19-38(28,37(44)45)20-34(42)32-17-29-21-40(32)36(43)31(25-9-6-5-7-10-25)18-33(41)24(3)22-46-14-8-11-26-16-30-27(15-23(26)2)12-13-39-35(30)47-29/h4,8,11-13,15-16,24-25,28-29,31-32H,1,5-7,9-10,14,17-22H2,2-3H3,(H,44,45)/b11-8+/t24-,28+,29+,31-,32-,38+/m0/s1. The van der Waals surface area contributed by atoms with Crippen molar-refractivity contribution in [2.24, 2.45) is 29.1 Å². The quantitative estimate of drug-likeness (QED) is 0.383. The summed E-state index contributed by atoms with van der Waals surface area (Å²) in [4.78, 5) is 60.8. The van der Waals surface area contributed by atoms with Gasteiger partial charge in [-0.05, 0) is 66.7 Å². The van der Waals surface area contributed by atoms with E-state index in [1.165, 1.54) is 0 Å². The van der Waals surface area contributed by atoms with Crippen LogP contribution in [0.4, 0.5) is 0 Å². The lowest BCUT2D eigenvalue weighted by molar-refractivity contribution is -0.148. The first-order valence-electron chi connectivity index (χ1n) is 17.1. The number of aryl methyl sites for hydroxylation is 1. The van der Waals surface area contributed by atoms with E-state index < -0.39 is 29.4 Å². The molecule has 2 aliphatic heterocycles. The highest BCUT2D eigenvalue weighted by Gasteiger charge is 2.61. The van der Waals surface area contributed by atoms with E-state index >= 15 is 0 Å². The number of Topliss-reactive ketones (excluding diaryl/α,β-unsaturated/α-hetero) is 2. The molecular formula is C38H46N2O7. The number of carbonyl (C=O) groups excluding carboxylic acids is 3. The zero-order valence-electron chi connectivity index (χ0n) is 27.5. The lowest BCUT2D eigenvalue weighted by Gasteiger charge is -2.34. The van der Waals surface area contributed by atoms with Crippen molar-refractivity contribution in [1.29, 1.82) is 0 Å². The first-order valence-corrected chi connectivity index (χ1v) is 17.1. The maximum atomic E-state index is 14.6. The van der Waals surface area contributed by atoms with Crippen LogP contribution in [-0.4, -0.2) is 70.3 Å². The SMILES string of the molecule is C=C[C@@H]1C[C@]1(CC(=O)[C@@H]1C[C@@H]2CN1C(=O)[C@H](C1CCCCC1)CC(=O)[C@@H](C)COC/C=C/c1cc3c(nccc3cc1C)O2)C(=O)O. The number of nitrogens with zero attached hydrogens (tertiary/aromatic N) is 2. The first-order chi connectivity index (χ1) is 22.6. The Morgan fingerprint density at radius 2 is 1.98 bits per heavy atom. The molecule has 6 rings (SSSR count). The van der Waals surface area contributed by atoms with Crippen molar-refractivity contribution in [3.8, 4) is 5.88 Å². The van der Waals surface area contributed by atoms with Crippen LogP contribution in [0.5, 0.6) is 5.88 Å². The van der Waals surface area contributed by atoms with E-state index in [1.807, 2.05) is 38.1 Å². The maximum absolute atomic E-state index is 14.6. The summed E-state index contributed by atoms with van der Waals surface area (Å²) >= 11 is 0. The highest BCUT2D eigenvalue weighted by atomic mass is 16.5. The van der Waals surface area contributed by atoms with Crippen LogP contribution < -0.4 is 4.74 Å². The molecule has 2 aliphatic carbocycles. The number of aromatic nitrogens is 1. The zero-order valence-corrected chi connectivity index (χ0v) is 27.5. The van der Waals surface area contributed by atoms with Crippen molar-refractivity contribution in [2.45, 2.75) is 83.8 Å². The minimum atomic E-state index is -1.19. The van der Waals surface area contributed by atoms with Crippen molar-refractivity contribution in [1.82, 2.24) is 9.88 Å². The number of hydrogen-bond donors (Lipinski definition) is 1. The van der Waals surface area contributed by atoms with E-state index in [1.54, 1.807) is 17.2 Å². The Bertz CT molecular complexity index is 1590. The Balaban J connectivity index is 1.38. The number of aliphatic carboxylic acids is 1. The smallest absolute Gasteiger partial charge is 0.310 e. The van der Waals surface area contributed by atoms with E-state index in [4.69, 9.17) is 9.47 Å². The summed E-state index contributed by atoms with van der Waals surface area (Å²) in [6, 6.07) is 5.18. The molecule has 9 heteroatoms. The van der Waals surface area contributed by atoms with E-state index in [0.29, 0.717) is 18.9 Å². The normalized spacial score (nSPS) is 31.2. The summed E-state index contributed by atoms with van der Waals surface area (Å²) in [7, 11) is 0. The minimum Gasteiger partial charge on any atom is -0.481 e. The molecule has 3 fully saturated rings. The Hall–Kier alpha value is -3.85. The van der Waals surface area contributed by atoms with Crippen LogP contribution in [0.2, 0.25) is 0 Å². The number of allylic oxidation sites excluding steroid dienone is 1. The second-order valence-corrected chi connectivity index (χ2v) is 14.2. The van der Waals surface area contributed by atoms with Crippen molar-refractivity contribution in [3.05, 3.63) is 54.3 Å². The number of pyridine rings is 1. The van der Waals surface area contributed by atoms with Gasteiger partial charge in [0.1, 0.15) is 11.9 Å². The summed E-state index contributed by atoms with van der Waals surface area (Å²) in [5.41, 5.74) is 0.869. The van der Waals surface area contributed by atoms with E-state index in [0.717, 1.165) is 54.0 Å². The minimum absolute atomic E-state index is 0.0232. The predicted octanol–water partition coefficient (Wildman–Crippen LogP) is 5.96. The summed E-state index contributed by atoms with van der Waals surface area (Å²) in [6.07, 6.45) is 12.0. The molecule has 4 bridgehead atoms. The molecule has 1 N–H and O–H groups in total. The zero-order chi connectivity index (χ0) is 33.3. The number of hydrogen-bond acceptors (Lipinski definition) is 7. The van der Waals surface area contributed by atoms with Gasteiger partial charge < -0.3 is 19.5 Å². The molecule has 1 amide bonds. The summed E-state index contributed by atoms with van der Waals surface area (Å²) in [5.74, 6) is -2.31. The second-order valence-electron chi connectivity index (χ2n) is 14.2. The van der Waals surface area contributed by atoms with Gasteiger partial charge >= 0.3 is 5.97 Å². The molecule has 250 valence electrons. The van der Waals surface area contributed by atoms with Crippen LogP contribution in [0.15, 0.2) is 43.1 Å². The summed E-state index contributed by atoms with van der Waals surface area (Å²) < 4.78 is 12.4. The maximum Gasteiger partial charge on any atom is 0.310 e. The third kappa shape index (κ3) is 6.77. The lowest BCUT2D eigenvalue weighted by Crippen LogP contribution is -2.47. The Morgan fingerprint density at radius 1 is 1.19 bits per heavy atom. The fourth-order valence-corrected chi connectivity index (χ4v) is 7.99. The summed E-state index contributed by atoms with van der Waals surface area (Å²) in [6.45, 7) is 8.41. The molecule has 2 aromatic rings. The van der Waals surface area contributed by atoms with Gasteiger partial charge in [-0.3, -0.25) is 19.2 Å².